The molecule has 0 amide bonds. The van der Waals surface area contributed by atoms with Gasteiger partial charge in [-0.3, -0.25) is 9.69 Å². The van der Waals surface area contributed by atoms with E-state index in [2.05, 4.69) is 17.0 Å². The number of rotatable bonds is 7. The van der Waals surface area contributed by atoms with E-state index in [1.165, 1.54) is 7.11 Å². The highest BCUT2D eigenvalue weighted by molar-refractivity contribution is 5.82. The normalized spacial score (nSPS) is 27.4. The molecule has 9 nitrogen and oxygen atoms in total. The molecule has 0 bridgehead atoms. The van der Waals surface area contributed by atoms with Crippen LogP contribution in [0, 0.1) is 0 Å². The Balaban J connectivity index is 1.53. The zero-order valence-electron chi connectivity index (χ0n) is 20.7. The number of hydrogen-bond acceptors (Lipinski definition) is 9. The molecule has 1 spiro atoms. The Kier molecular flexibility index (Phi) is 6.40. The molecule has 0 saturated carbocycles. The number of carbonyl (C=O) groups is 2. The second-order valence-corrected chi connectivity index (χ2v) is 9.78. The molecule has 3 heterocycles. The van der Waals surface area contributed by atoms with Crippen molar-refractivity contribution in [1.82, 2.24) is 4.90 Å². The first-order valence-corrected chi connectivity index (χ1v) is 12.2. The maximum absolute atomic E-state index is 13.4. The largest absolute Gasteiger partial charge is 0.497 e. The lowest BCUT2D eigenvalue weighted by molar-refractivity contribution is -0.171. The Morgan fingerprint density at radius 3 is 2.66 bits per heavy atom. The molecule has 0 radical (unpaired) electrons. The number of fused-ring (bicyclic) bond motifs is 3. The highest BCUT2D eigenvalue weighted by Crippen LogP contribution is 2.55. The fourth-order valence-electron chi connectivity index (χ4n) is 6.05. The number of methoxy groups -OCH3 is 2. The Morgan fingerprint density at radius 2 is 1.94 bits per heavy atom. The molecular formula is C26H33NO8. The van der Waals surface area contributed by atoms with Gasteiger partial charge in [-0.25, -0.2) is 4.79 Å². The average molecular weight is 488 g/mol. The summed E-state index contributed by atoms with van der Waals surface area (Å²) in [6.45, 7) is 5.67. The van der Waals surface area contributed by atoms with Gasteiger partial charge < -0.3 is 28.4 Å². The molecule has 1 saturated heterocycles. The van der Waals surface area contributed by atoms with Gasteiger partial charge in [0, 0.05) is 6.54 Å². The average Bonchev–Trinajstić information content (AvgIpc) is 3.51. The highest BCUT2D eigenvalue weighted by Gasteiger charge is 2.58. The fraction of sp³-hybridized carbons (Fsp3) is 0.615. The minimum absolute atomic E-state index is 0.186. The van der Waals surface area contributed by atoms with Crippen LogP contribution in [-0.4, -0.2) is 74.8 Å². The summed E-state index contributed by atoms with van der Waals surface area (Å²) < 4.78 is 33.8. The smallest absolute Gasteiger partial charge is 0.336 e. The molecule has 3 aliphatic heterocycles. The van der Waals surface area contributed by atoms with Crippen LogP contribution in [0.25, 0.3) is 0 Å². The lowest BCUT2D eigenvalue weighted by atomic mass is 9.77. The van der Waals surface area contributed by atoms with Crippen LogP contribution in [-0.2, 0) is 35.0 Å². The summed E-state index contributed by atoms with van der Waals surface area (Å²) in [7, 11) is 2.89. The summed E-state index contributed by atoms with van der Waals surface area (Å²) in [6.07, 6.45) is 2.76. The Hall–Kier alpha value is -2.78. The molecule has 4 aliphatic rings. The van der Waals surface area contributed by atoms with Gasteiger partial charge in [0.05, 0.1) is 38.2 Å². The molecular weight excluding hydrogens is 454 g/mol. The van der Waals surface area contributed by atoms with E-state index in [4.69, 9.17) is 28.4 Å². The Labute approximate surface area is 205 Å². The lowest BCUT2D eigenvalue weighted by Crippen LogP contribution is -2.48. The monoisotopic (exact) mass is 487 g/mol. The maximum atomic E-state index is 13.4. The molecule has 1 fully saturated rings. The summed E-state index contributed by atoms with van der Waals surface area (Å²) >= 11 is 0. The quantitative estimate of drug-likeness (QED) is 0.538. The molecule has 1 unspecified atom stereocenters. The van der Waals surface area contributed by atoms with Crippen LogP contribution in [0.1, 0.15) is 50.2 Å². The van der Waals surface area contributed by atoms with Gasteiger partial charge in [0.25, 0.3) is 0 Å². The van der Waals surface area contributed by atoms with Crippen molar-refractivity contribution in [3.63, 3.8) is 0 Å². The first-order valence-electron chi connectivity index (χ1n) is 12.2. The standard InChI is InChI=1S/C26H33NO8/c1-15(2)34-20(12-22(28)31-4)25(29)35-24-21(30-3)13-26-7-5-8-27(26)9-6-16-10-18-19(33-14-32-18)11-17(16)23(24)26/h10-11,13,15,20,23-24H,5-9,12,14H2,1-4H3/t20-,23-,24?,26+/m1/s1. The van der Waals surface area contributed by atoms with Crippen molar-refractivity contribution < 1.29 is 38.0 Å². The van der Waals surface area contributed by atoms with Crippen molar-refractivity contribution >= 4 is 11.9 Å². The van der Waals surface area contributed by atoms with Crippen LogP contribution < -0.4 is 9.47 Å². The van der Waals surface area contributed by atoms with Crippen molar-refractivity contribution in [3.8, 4) is 11.5 Å². The van der Waals surface area contributed by atoms with Gasteiger partial charge in [-0.1, -0.05) is 0 Å². The molecule has 1 aliphatic carbocycles. The fourth-order valence-corrected chi connectivity index (χ4v) is 6.05. The van der Waals surface area contributed by atoms with Crippen LogP contribution in [0.5, 0.6) is 11.5 Å². The van der Waals surface area contributed by atoms with Gasteiger partial charge in [-0.2, -0.15) is 0 Å². The minimum Gasteiger partial charge on any atom is -0.497 e. The van der Waals surface area contributed by atoms with E-state index in [1.54, 1.807) is 7.11 Å². The predicted octanol–water partition coefficient (Wildman–Crippen LogP) is 2.70. The van der Waals surface area contributed by atoms with E-state index in [9.17, 15) is 9.59 Å². The van der Waals surface area contributed by atoms with Crippen molar-refractivity contribution in [1.29, 1.82) is 0 Å². The summed E-state index contributed by atoms with van der Waals surface area (Å²) in [5.41, 5.74) is 1.91. The first-order chi connectivity index (χ1) is 16.9. The number of nitrogens with zero attached hydrogens (tertiary/aromatic N) is 1. The molecule has 1 aromatic carbocycles. The molecule has 190 valence electrons. The summed E-state index contributed by atoms with van der Waals surface area (Å²) in [5.74, 6) is 0.733. The van der Waals surface area contributed by atoms with Gasteiger partial charge in [-0.15, -0.1) is 0 Å². The zero-order chi connectivity index (χ0) is 24.7. The third-order valence-corrected chi connectivity index (χ3v) is 7.49. The second-order valence-electron chi connectivity index (χ2n) is 9.78. The number of hydrogen-bond donors (Lipinski definition) is 0. The van der Waals surface area contributed by atoms with Crippen LogP contribution in [0.4, 0.5) is 0 Å². The van der Waals surface area contributed by atoms with Crippen molar-refractivity contribution in [3.05, 3.63) is 35.1 Å². The molecule has 1 aromatic rings. The third-order valence-electron chi connectivity index (χ3n) is 7.49. The maximum Gasteiger partial charge on any atom is 0.336 e. The Bertz CT molecular complexity index is 1040. The van der Waals surface area contributed by atoms with Crippen LogP contribution in [0.15, 0.2) is 24.0 Å². The predicted molar refractivity (Wildman–Crippen MR) is 124 cm³/mol. The van der Waals surface area contributed by atoms with Crippen molar-refractivity contribution in [2.24, 2.45) is 0 Å². The number of carbonyl (C=O) groups excluding carboxylic acids is 2. The van der Waals surface area contributed by atoms with E-state index in [0.717, 1.165) is 49.2 Å². The molecule has 0 N–H and O–H groups in total. The SMILES string of the molecule is COC(=O)C[C@@H](OC(C)C)C(=O)OC1C(OC)=C[C@]23CCCN2CCc2cc4c(cc2[C@H]13)OCO4. The summed E-state index contributed by atoms with van der Waals surface area (Å²) in [5, 5.41) is 0. The van der Waals surface area contributed by atoms with Crippen LogP contribution >= 0.6 is 0 Å². The Morgan fingerprint density at radius 1 is 1.17 bits per heavy atom. The number of ether oxygens (including phenoxy) is 6. The minimum atomic E-state index is -1.07. The van der Waals surface area contributed by atoms with Crippen LogP contribution in [0.3, 0.4) is 0 Å². The zero-order valence-corrected chi connectivity index (χ0v) is 20.7. The second kappa shape index (κ2) is 9.35. The molecule has 4 atom stereocenters. The van der Waals surface area contributed by atoms with Gasteiger partial charge in [-0.05, 0) is 69.0 Å². The third kappa shape index (κ3) is 4.14. The van der Waals surface area contributed by atoms with Gasteiger partial charge >= 0.3 is 11.9 Å². The molecule has 0 aromatic heterocycles. The molecule has 9 heteroatoms. The van der Waals surface area contributed by atoms with E-state index >= 15 is 0 Å². The van der Waals surface area contributed by atoms with E-state index < -0.39 is 24.1 Å². The van der Waals surface area contributed by atoms with Gasteiger partial charge in [0.15, 0.2) is 23.7 Å². The molecule has 35 heavy (non-hydrogen) atoms. The highest BCUT2D eigenvalue weighted by atomic mass is 16.7. The molecule has 5 rings (SSSR count). The van der Waals surface area contributed by atoms with E-state index in [0.29, 0.717) is 11.5 Å². The number of esters is 2. The van der Waals surface area contributed by atoms with Gasteiger partial charge in [0.1, 0.15) is 5.76 Å². The van der Waals surface area contributed by atoms with E-state index in [-0.39, 0.29) is 30.8 Å². The summed E-state index contributed by atoms with van der Waals surface area (Å²) in [6, 6.07) is 4.09. The summed E-state index contributed by atoms with van der Waals surface area (Å²) in [4.78, 5) is 27.9. The van der Waals surface area contributed by atoms with Gasteiger partial charge in [0.2, 0.25) is 6.79 Å². The topological polar surface area (TPSA) is 92.8 Å². The lowest BCUT2D eigenvalue weighted by Gasteiger charge is -2.39. The van der Waals surface area contributed by atoms with Crippen LogP contribution in [0.2, 0.25) is 0 Å². The first kappa shape index (κ1) is 23.9. The number of benzene rings is 1. The van der Waals surface area contributed by atoms with E-state index in [1.807, 2.05) is 19.9 Å². The van der Waals surface area contributed by atoms with Crippen molar-refractivity contribution in [2.45, 2.75) is 69.3 Å². The van der Waals surface area contributed by atoms with Crippen molar-refractivity contribution in [2.75, 3.05) is 34.1 Å².